The fourth-order valence-corrected chi connectivity index (χ4v) is 2.99. The van der Waals surface area contributed by atoms with Gasteiger partial charge in [0.15, 0.2) is 0 Å². The number of aryl methyl sites for hydroxylation is 1. The van der Waals surface area contributed by atoms with Crippen molar-refractivity contribution in [3.63, 3.8) is 0 Å². The highest BCUT2D eigenvalue weighted by atomic mass is 16.3. The summed E-state index contributed by atoms with van der Waals surface area (Å²) in [5.41, 5.74) is 1.76. The SMILES string of the molecule is Cc1cc(O)ccc1NC(=O)C1CCCCC1(C)C. The van der Waals surface area contributed by atoms with Gasteiger partial charge in [0.05, 0.1) is 0 Å². The zero-order valence-corrected chi connectivity index (χ0v) is 12.0. The minimum Gasteiger partial charge on any atom is -0.508 e. The summed E-state index contributed by atoms with van der Waals surface area (Å²) < 4.78 is 0. The van der Waals surface area contributed by atoms with E-state index in [2.05, 4.69) is 19.2 Å². The van der Waals surface area contributed by atoms with Crippen molar-refractivity contribution in [2.75, 3.05) is 5.32 Å². The first-order chi connectivity index (χ1) is 8.90. The number of anilines is 1. The number of nitrogens with one attached hydrogen (secondary N) is 1. The number of aromatic hydroxyl groups is 1. The molecule has 3 nitrogen and oxygen atoms in total. The van der Waals surface area contributed by atoms with Crippen molar-refractivity contribution < 1.29 is 9.90 Å². The van der Waals surface area contributed by atoms with Crippen LogP contribution in [-0.4, -0.2) is 11.0 Å². The van der Waals surface area contributed by atoms with E-state index in [1.807, 2.05) is 6.92 Å². The van der Waals surface area contributed by atoms with Gasteiger partial charge in [0.1, 0.15) is 5.75 Å². The lowest BCUT2D eigenvalue weighted by molar-refractivity contribution is -0.124. The third-order valence-corrected chi connectivity index (χ3v) is 4.29. The largest absolute Gasteiger partial charge is 0.508 e. The average Bonchev–Trinajstić information content (AvgIpc) is 2.32. The number of carbonyl (C=O) groups excluding carboxylic acids is 1. The second-order valence-corrected chi connectivity index (χ2v) is 6.28. The molecule has 2 rings (SSSR count). The predicted octanol–water partition coefficient (Wildman–Crippen LogP) is 3.86. The van der Waals surface area contributed by atoms with Gasteiger partial charge in [0.2, 0.25) is 5.91 Å². The van der Waals surface area contributed by atoms with E-state index in [9.17, 15) is 9.90 Å². The number of phenols is 1. The molecule has 1 aliphatic rings. The highest BCUT2D eigenvalue weighted by Gasteiger charge is 2.37. The van der Waals surface area contributed by atoms with Gasteiger partial charge in [-0.05, 0) is 48.9 Å². The fourth-order valence-electron chi connectivity index (χ4n) is 2.99. The van der Waals surface area contributed by atoms with Crippen molar-refractivity contribution in [1.82, 2.24) is 0 Å². The molecule has 0 saturated heterocycles. The molecule has 1 aromatic carbocycles. The molecule has 1 saturated carbocycles. The lowest BCUT2D eigenvalue weighted by Gasteiger charge is -2.37. The van der Waals surface area contributed by atoms with Crippen molar-refractivity contribution in [1.29, 1.82) is 0 Å². The maximum atomic E-state index is 12.4. The molecule has 1 aliphatic carbocycles. The number of carbonyl (C=O) groups is 1. The summed E-state index contributed by atoms with van der Waals surface area (Å²) in [6.45, 7) is 6.25. The van der Waals surface area contributed by atoms with Crippen LogP contribution >= 0.6 is 0 Å². The van der Waals surface area contributed by atoms with E-state index in [1.165, 1.54) is 6.42 Å². The van der Waals surface area contributed by atoms with Gasteiger partial charge in [-0.25, -0.2) is 0 Å². The van der Waals surface area contributed by atoms with Crippen molar-refractivity contribution in [2.24, 2.45) is 11.3 Å². The predicted molar refractivity (Wildman–Crippen MR) is 77.2 cm³/mol. The quantitative estimate of drug-likeness (QED) is 0.794. The number of hydrogen-bond donors (Lipinski definition) is 2. The smallest absolute Gasteiger partial charge is 0.228 e. The third kappa shape index (κ3) is 3.09. The number of amides is 1. The lowest BCUT2D eigenvalue weighted by atomic mass is 9.68. The molecule has 0 spiro atoms. The van der Waals surface area contributed by atoms with E-state index >= 15 is 0 Å². The van der Waals surface area contributed by atoms with E-state index in [1.54, 1.807) is 18.2 Å². The first-order valence-corrected chi connectivity index (χ1v) is 7.00. The van der Waals surface area contributed by atoms with Crippen molar-refractivity contribution in [2.45, 2.75) is 46.5 Å². The highest BCUT2D eigenvalue weighted by Crippen LogP contribution is 2.41. The summed E-state index contributed by atoms with van der Waals surface area (Å²) in [6.07, 6.45) is 4.43. The van der Waals surface area contributed by atoms with Gasteiger partial charge in [0.25, 0.3) is 0 Å². The van der Waals surface area contributed by atoms with Crippen LogP contribution in [0.3, 0.4) is 0 Å². The second-order valence-electron chi connectivity index (χ2n) is 6.28. The second kappa shape index (κ2) is 5.24. The Bertz CT molecular complexity index is 480. The van der Waals surface area contributed by atoms with E-state index in [4.69, 9.17) is 0 Å². The van der Waals surface area contributed by atoms with Gasteiger partial charge >= 0.3 is 0 Å². The Morgan fingerprint density at radius 3 is 2.74 bits per heavy atom. The topological polar surface area (TPSA) is 49.3 Å². The van der Waals surface area contributed by atoms with Crippen molar-refractivity contribution in [3.8, 4) is 5.75 Å². The van der Waals surface area contributed by atoms with Crippen LogP contribution in [0.5, 0.6) is 5.75 Å². The molecule has 1 aromatic rings. The van der Waals surface area contributed by atoms with E-state index < -0.39 is 0 Å². The van der Waals surface area contributed by atoms with Crippen LogP contribution < -0.4 is 5.32 Å². The molecule has 0 bridgehead atoms. The summed E-state index contributed by atoms with van der Waals surface area (Å²) in [7, 11) is 0. The van der Waals surface area contributed by atoms with Gasteiger partial charge in [-0.15, -0.1) is 0 Å². The minimum absolute atomic E-state index is 0.0765. The Morgan fingerprint density at radius 2 is 2.11 bits per heavy atom. The number of hydrogen-bond acceptors (Lipinski definition) is 2. The molecule has 0 radical (unpaired) electrons. The average molecular weight is 261 g/mol. The van der Waals surface area contributed by atoms with Crippen LogP contribution in [0.15, 0.2) is 18.2 Å². The fraction of sp³-hybridized carbons (Fsp3) is 0.562. The summed E-state index contributed by atoms with van der Waals surface area (Å²) in [5, 5.41) is 12.4. The van der Waals surface area contributed by atoms with Gasteiger partial charge < -0.3 is 10.4 Å². The molecule has 1 fully saturated rings. The summed E-state index contributed by atoms with van der Waals surface area (Å²) in [6, 6.07) is 5.04. The summed E-state index contributed by atoms with van der Waals surface area (Å²) in [4.78, 5) is 12.4. The molecule has 0 aromatic heterocycles. The molecule has 2 N–H and O–H groups in total. The Kier molecular flexibility index (Phi) is 3.83. The zero-order chi connectivity index (χ0) is 14.0. The Balaban J connectivity index is 2.12. The first kappa shape index (κ1) is 13.9. The van der Waals surface area contributed by atoms with E-state index in [0.29, 0.717) is 0 Å². The van der Waals surface area contributed by atoms with E-state index in [-0.39, 0.29) is 23.0 Å². The summed E-state index contributed by atoms with van der Waals surface area (Å²) >= 11 is 0. The molecular formula is C16H23NO2. The normalized spacial score (nSPS) is 21.9. The van der Waals surface area contributed by atoms with Crippen LogP contribution in [0.2, 0.25) is 0 Å². The van der Waals surface area contributed by atoms with Gasteiger partial charge in [-0.3, -0.25) is 4.79 Å². The Labute approximate surface area is 115 Å². The molecule has 1 amide bonds. The highest BCUT2D eigenvalue weighted by molar-refractivity contribution is 5.93. The number of phenolic OH excluding ortho intramolecular Hbond substituents is 1. The number of benzene rings is 1. The monoisotopic (exact) mass is 261 g/mol. The molecule has 1 unspecified atom stereocenters. The van der Waals surface area contributed by atoms with E-state index in [0.717, 1.165) is 30.5 Å². The maximum Gasteiger partial charge on any atom is 0.228 e. The molecule has 0 aliphatic heterocycles. The lowest BCUT2D eigenvalue weighted by Crippen LogP contribution is -2.37. The molecule has 1 atom stereocenters. The Hall–Kier alpha value is -1.51. The van der Waals surface area contributed by atoms with Crippen LogP contribution in [0, 0.1) is 18.3 Å². The molecular weight excluding hydrogens is 238 g/mol. The molecule has 104 valence electrons. The standard InChI is InChI=1S/C16H23NO2/c1-11-10-12(18)7-8-14(11)17-15(19)13-6-4-5-9-16(13,2)3/h7-8,10,13,18H,4-6,9H2,1-3H3,(H,17,19). The van der Waals surface area contributed by atoms with Crippen molar-refractivity contribution >= 4 is 11.6 Å². The van der Waals surface area contributed by atoms with Crippen LogP contribution in [0.4, 0.5) is 5.69 Å². The minimum atomic E-state index is 0.0765. The first-order valence-electron chi connectivity index (χ1n) is 7.00. The van der Waals surface area contributed by atoms with Crippen LogP contribution in [0.25, 0.3) is 0 Å². The van der Waals surface area contributed by atoms with Crippen LogP contribution in [0.1, 0.15) is 45.1 Å². The molecule has 3 heteroatoms. The number of rotatable bonds is 2. The maximum absolute atomic E-state index is 12.4. The van der Waals surface area contributed by atoms with Gasteiger partial charge in [-0.1, -0.05) is 26.7 Å². The third-order valence-electron chi connectivity index (χ3n) is 4.29. The molecule has 0 heterocycles. The van der Waals surface area contributed by atoms with Gasteiger partial charge in [0, 0.05) is 11.6 Å². The van der Waals surface area contributed by atoms with Crippen molar-refractivity contribution in [3.05, 3.63) is 23.8 Å². The van der Waals surface area contributed by atoms with Gasteiger partial charge in [-0.2, -0.15) is 0 Å². The zero-order valence-electron chi connectivity index (χ0n) is 12.0. The summed E-state index contributed by atoms with van der Waals surface area (Å²) in [5.74, 6) is 0.418. The Morgan fingerprint density at radius 1 is 1.37 bits per heavy atom. The molecule has 19 heavy (non-hydrogen) atoms. The van der Waals surface area contributed by atoms with Crippen LogP contribution in [-0.2, 0) is 4.79 Å².